The van der Waals surface area contributed by atoms with Gasteiger partial charge in [-0.25, -0.2) is 0 Å². The first-order valence-corrected chi connectivity index (χ1v) is 9.52. The highest BCUT2D eigenvalue weighted by Gasteiger charge is 2.39. The summed E-state index contributed by atoms with van der Waals surface area (Å²) < 4.78 is 17.6. The van der Waals surface area contributed by atoms with E-state index in [0.29, 0.717) is 19.8 Å². The Bertz CT molecular complexity index is 167. The molecule has 0 unspecified atom stereocenters. The Balaban J connectivity index is 4.28. The lowest BCUT2D eigenvalue weighted by molar-refractivity contribution is 0.0703. The zero-order chi connectivity index (χ0) is 13.9. The molecule has 110 valence electrons. The van der Waals surface area contributed by atoms with Crippen LogP contribution in [0.1, 0.15) is 60.3 Å². The Kier molecular flexibility index (Phi) is 11.0. The van der Waals surface area contributed by atoms with Crippen LogP contribution in [0.4, 0.5) is 0 Å². The van der Waals surface area contributed by atoms with Crippen molar-refractivity contribution in [3.8, 4) is 0 Å². The van der Waals surface area contributed by atoms with Crippen LogP contribution in [0.2, 0.25) is 6.04 Å². The lowest BCUT2D eigenvalue weighted by atomic mass is 9.98. The fourth-order valence-electron chi connectivity index (χ4n) is 2.31. The van der Waals surface area contributed by atoms with Crippen LogP contribution in [-0.2, 0) is 13.3 Å². The number of rotatable bonds is 12. The van der Waals surface area contributed by atoms with E-state index in [1.807, 2.05) is 20.8 Å². The summed E-state index contributed by atoms with van der Waals surface area (Å²) in [6, 6.07) is 0.957. The molecule has 0 aliphatic carbocycles. The summed E-state index contributed by atoms with van der Waals surface area (Å²) in [6.07, 6.45) is 4.94. The van der Waals surface area contributed by atoms with E-state index in [2.05, 4.69) is 13.8 Å². The van der Waals surface area contributed by atoms with Gasteiger partial charge in [-0.3, -0.25) is 0 Å². The summed E-state index contributed by atoms with van der Waals surface area (Å²) in [4.78, 5) is 0. The number of hydrogen-bond donors (Lipinski definition) is 0. The molecule has 0 atom stereocenters. The summed E-state index contributed by atoms with van der Waals surface area (Å²) in [6.45, 7) is 12.6. The molecule has 0 saturated carbocycles. The standard InChI is InChI=1S/C14H32O3Si/c1-6-14(7-2)12-11-13-18(15-8-3,16-9-4)17-10-5/h14H,6-13H2,1-5H3. The molecule has 0 rings (SSSR count). The van der Waals surface area contributed by atoms with Crippen LogP contribution in [0.15, 0.2) is 0 Å². The van der Waals surface area contributed by atoms with E-state index in [1.165, 1.54) is 19.3 Å². The van der Waals surface area contributed by atoms with Crippen molar-refractivity contribution >= 4 is 8.80 Å². The zero-order valence-corrected chi connectivity index (χ0v) is 14.0. The summed E-state index contributed by atoms with van der Waals surface area (Å²) in [5.74, 6) is 0.835. The minimum Gasteiger partial charge on any atom is -0.374 e. The van der Waals surface area contributed by atoms with E-state index in [-0.39, 0.29) is 0 Å². The van der Waals surface area contributed by atoms with Gasteiger partial charge in [0.1, 0.15) is 0 Å². The van der Waals surface area contributed by atoms with Crippen molar-refractivity contribution in [3.63, 3.8) is 0 Å². The van der Waals surface area contributed by atoms with Gasteiger partial charge >= 0.3 is 8.80 Å². The van der Waals surface area contributed by atoms with Gasteiger partial charge in [0.05, 0.1) is 0 Å². The quantitative estimate of drug-likeness (QED) is 0.499. The molecule has 18 heavy (non-hydrogen) atoms. The van der Waals surface area contributed by atoms with Crippen molar-refractivity contribution < 1.29 is 13.3 Å². The number of hydrogen-bond acceptors (Lipinski definition) is 3. The van der Waals surface area contributed by atoms with E-state index >= 15 is 0 Å². The molecule has 0 fully saturated rings. The van der Waals surface area contributed by atoms with Crippen LogP contribution in [0.3, 0.4) is 0 Å². The first-order chi connectivity index (χ1) is 8.67. The highest BCUT2D eigenvalue weighted by Crippen LogP contribution is 2.23. The molecule has 0 aromatic carbocycles. The van der Waals surface area contributed by atoms with E-state index in [4.69, 9.17) is 13.3 Å². The van der Waals surface area contributed by atoms with Gasteiger partial charge in [0, 0.05) is 25.9 Å². The van der Waals surface area contributed by atoms with Crippen LogP contribution in [0, 0.1) is 5.92 Å². The maximum atomic E-state index is 5.85. The summed E-state index contributed by atoms with van der Waals surface area (Å²) in [7, 11) is -2.39. The maximum Gasteiger partial charge on any atom is 0.500 e. The molecule has 3 nitrogen and oxygen atoms in total. The van der Waals surface area contributed by atoms with Crippen LogP contribution in [0.5, 0.6) is 0 Å². The second-order valence-electron chi connectivity index (χ2n) is 4.56. The SMILES string of the molecule is CCO[Si](CCCC(CC)CC)(OCC)OCC. The normalized spacial score (nSPS) is 12.3. The first-order valence-electron chi connectivity index (χ1n) is 7.59. The topological polar surface area (TPSA) is 27.7 Å². The van der Waals surface area contributed by atoms with Gasteiger partial charge in [0.25, 0.3) is 0 Å². The van der Waals surface area contributed by atoms with Gasteiger partial charge in [0.2, 0.25) is 0 Å². The van der Waals surface area contributed by atoms with Gasteiger partial charge < -0.3 is 13.3 Å². The van der Waals surface area contributed by atoms with Gasteiger partial charge in [-0.2, -0.15) is 0 Å². The van der Waals surface area contributed by atoms with Crippen molar-refractivity contribution in [2.24, 2.45) is 5.92 Å². The van der Waals surface area contributed by atoms with Crippen molar-refractivity contribution in [1.82, 2.24) is 0 Å². The van der Waals surface area contributed by atoms with Crippen molar-refractivity contribution in [3.05, 3.63) is 0 Å². The average Bonchev–Trinajstić information content (AvgIpc) is 2.36. The fraction of sp³-hybridized carbons (Fsp3) is 1.00. The average molecular weight is 276 g/mol. The summed E-state index contributed by atoms with van der Waals surface area (Å²) in [5.41, 5.74) is 0. The van der Waals surface area contributed by atoms with Crippen LogP contribution < -0.4 is 0 Å². The largest absolute Gasteiger partial charge is 0.500 e. The van der Waals surface area contributed by atoms with Gasteiger partial charge in [0.15, 0.2) is 0 Å². The van der Waals surface area contributed by atoms with E-state index < -0.39 is 8.80 Å². The molecule has 0 aliphatic rings. The molecule has 0 heterocycles. The highest BCUT2D eigenvalue weighted by atomic mass is 28.4. The van der Waals surface area contributed by atoms with Gasteiger partial charge in [-0.15, -0.1) is 0 Å². The van der Waals surface area contributed by atoms with Gasteiger partial charge in [-0.05, 0) is 33.1 Å². The van der Waals surface area contributed by atoms with E-state index in [9.17, 15) is 0 Å². The lowest BCUT2D eigenvalue weighted by Crippen LogP contribution is -2.45. The van der Waals surface area contributed by atoms with Crippen molar-refractivity contribution in [2.45, 2.75) is 66.3 Å². The third-order valence-corrected chi connectivity index (χ3v) is 6.49. The summed E-state index contributed by atoms with van der Waals surface area (Å²) in [5, 5.41) is 0. The maximum absolute atomic E-state index is 5.85. The predicted molar refractivity (Wildman–Crippen MR) is 78.7 cm³/mol. The smallest absolute Gasteiger partial charge is 0.374 e. The first kappa shape index (κ1) is 18.1. The lowest BCUT2D eigenvalue weighted by Gasteiger charge is -2.28. The Hall–Kier alpha value is 0.0969. The van der Waals surface area contributed by atoms with E-state index in [1.54, 1.807) is 0 Å². The Morgan fingerprint density at radius 1 is 0.778 bits per heavy atom. The molecule has 0 bridgehead atoms. The third kappa shape index (κ3) is 6.88. The molecule has 0 aromatic heterocycles. The van der Waals surface area contributed by atoms with Crippen LogP contribution >= 0.6 is 0 Å². The molecule has 0 radical (unpaired) electrons. The fourth-order valence-corrected chi connectivity index (χ4v) is 4.95. The molecule has 0 saturated heterocycles. The van der Waals surface area contributed by atoms with E-state index in [0.717, 1.165) is 18.4 Å². The predicted octanol–water partition coefficient (Wildman–Crippen LogP) is 4.25. The second-order valence-corrected chi connectivity index (χ2v) is 7.29. The molecule has 0 aromatic rings. The molecule has 0 spiro atoms. The third-order valence-electron chi connectivity index (χ3n) is 3.34. The molecular weight excluding hydrogens is 244 g/mol. The Morgan fingerprint density at radius 3 is 1.56 bits per heavy atom. The van der Waals surface area contributed by atoms with Crippen molar-refractivity contribution in [1.29, 1.82) is 0 Å². The van der Waals surface area contributed by atoms with Gasteiger partial charge in [-0.1, -0.05) is 33.1 Å². The Morgan fingerprint density at radius 2 is 1.22 bits per heavy atom. The van der Waals surface area contributed by atoms with Crippen LogP contribution in [0.25, 0.3) is 0 Å². The van der Waals surface area contributed by atoms with Crippen molar-refractivity contribution in [2.75, 3.05) is 19.8 Å². The molecular formula is C14H32O3Si. The Labute approximate surface area is 115 Å². The molecule has 0 amide bonds. The molecule has 4 heteroatoms. The minimum atomic E-state index is -2.39. The minimum absolute atomic E-state index is 0.678. The molecule has 0 aliphatic heterocycles. The molecule has 0 N–H and O–H groups in total. The highest BCUT2D eigenvalue weighted by molar-refractivity contribution is 6.60. The van der Waals surface area contributed by atoms with Crippen LogP contribution in [-0.4, -0.2) is 28.6 Å². The second kappa shape index (κ2) is 11.0. The summed E-state index contributed by atoms with van der Waals surface area (Å²) >= 11 is 0. The zero-order valence-electron chi connectivity index (χ0n) is 13.0. The monoisotopic (exact) mass is 276 g/mol.